The molecule has 10 aromatic carbocycles. The van der Waals surface area contributed by atoms with Crippen LogP contribution in [0.5, 0.6) is 0 Å². The van der Waals surface area contributed by atoms with Crippen LogP contribution in [0.4, 0.5) is 0 Å². The smallest absolute Gasteiger partial charge is 0.165 e. The zero-order chi connectivity index (χ0) is 40.9. The number of thiophene rings is 1. The van der Waals surface area contributed by atoms with Gasteiger partial charge in [-0.1, -0.05) is 152 Å². The van der Waals surface area contributed by atoms with Crippen LogP contribution in [0.2, 0.25) is 0 Å². The van der Waals surface area contributed by atoms with E-state index in [1.54, 1.807) is 0 Å². The predicted octanol–water partition coefficient (Wildman–Crippen LogP) is 15.8. The van der Waals surface area contributed by atoms with Gasteiger partial charge in [0.15, 0.2) is 5.82 Å². The van der Waals surface area contributed by atoms with E-state index in [-0.39, 0.29) is 0 Å². The Morgan fingerprint density at radius 1 is 0.381 bits per heavy atom. The van der Waals surface area contributed by atoms with Gasteiger partial charge in [0, 0.05) is 63.9 Å². The molecule has 0 spiro atoms. The van der Waals surface area contributed by atoms with E-state index in [1.165, 1.54) is 80.3 Å². The molecule has 14 aromatic rings. The first-order valence-electron chi connectivity index (χ1n) is 21.5. The van der Waals surface area contributed by atoms with Crippen LogP contribution in [0, 0.1) is 0 Å². The van der Waals surface area contributed by atoms with Crippen LogP contribution in [0.1, 0.15) is 0 Å². The van der Waals surface area contributed by atoms with E-state index < -0.39 is 0 Å². The van der Waals surface area contributed by atoms with Crippen molar-refractivity contribution in [1.82, 2.24) is 19.1 Å². The second-order valence-electron chi connectivity index (χ2n) is 16.8. The molecule has 0 unspecified atom stereocenters. The summed E-state index contributed by atoms with van der Waals surface area (Å²) in [6.45, 7) is 0. The Morgan fingerprint density at radius 2 is 1.06 bits per heavy atom. The fourth-order valence-electron chi connectivity index (χ4n) is 11.0. The molecule has 0 atom stereocenters. The third-order valence-electron chi connectivity index (χ3n) is 13.6. The molecule has 0 radical (unpaired) electrons. The monoisotopic (exact) mass is 816 g/mol. The van der Waals surface area contributed by atoms with Gasteiger partial charge in [0.1, 0.15) is 5.69 Å². The molecule has 15 rings (SSSR count). The van der Waals surface area contributed by atoms with Crippen molar-refractivity contribution in [3.05, 3.63) is 194 Å². The largest absolute Gasteiger partial charge is 0.309 e. The summed E-state index contributed by atoms with van der Waals surface area (Å²) in [6.07, 6.45) is 0. The van der Waals surface area contributed by atoms with Gasteiger partial charge < -0.3 is 4.57 Å². The Kier molecular flexibility index (Phi) is 6.53. The van der Waals surface area contributed by atoms with E-state index in [0.717, 1.165) is 61.1 Å². The Hall–Kier alpha value is -8.12. The Bertz CT molecular complexity index is 4320. The maximum atomic E-state index is 5.88. The van der Waals surface area contributed by atoms with Gasteiger partial charge in [-0.05, 0) is 75.3 Å². The molecule has 0 saturated carbocycles. The summed E-state index contributed by atoms with van der Waals surface area (Å²) in [7, 11) is 0. The molecular formula is C58H32N4S. The van der Waals surface area contributed by atoms with Crippen LogP contribution in [0.25, 0.3) is 141 Å². The second-order valence-corrected chi connectivity index (χ2v) is 17.9. The molecule has 0 N–H and O–H groups in total. The molecule has 0 bridgehead atoms. The van der Waals surface area contributed by atoms with Crippen molar-refractivity contribution in [3.63, 3.8) is 0 Å². The molecule has 0 aliphatic heterocycles. The van der Waals surface area contributed by atoms with Gasteiger partial charge in [-0.15, -0.1) is 11.3 Å². The second kappa shape index (κ2) is 12.3. The lowest BCUT2D eigenvalue weighted by Crippen LogP contribution is -2.04. The van der Waals surface area contributed by atoms with Crippen molar-refractivity contribution in [1.29, 1.82) is 0 Å². The zero-order valence-corrected chi connectivity index (χ0v) is 34.5. The van der Waals surface area contributed by atoms with Crippen molar-refractivity contribution in [3.8, 4) is 45.0 Å². The maximum absolute atomic E-state index is 5.88. The average molecular weight is 817 g/mol. The van der Waals surface area contributed by atoms with E-state index >= 15 is 0 Å². The van der Waals surface area contributed by atoms with Crippen molar-refractivity contribution in [2.24, 2.45) is 0 Å². The number of para-hydroxylation sites is 2. The van der Waals surface area contributed by atoms with E-state index in [9.17, 15) is 0 Å². The predicted molar refractivity (Wildman–Crippen MR) is 266 cm³/mol. The van der Waals surface area contributed by atoms with E-state index in [4.69, 9.17) is 9.97 Å². The number of hydrogen-bond donors (Lipinski definition) is 0. The Labute approximate surface area is 364 Å². The number of nitrogens with zero attached hydrogens (tertiary/aromatic N) is 4. The Balaban J connectivity index is 1.21. The van der Waals surface area contributed by atoms with Crippen molar-refractivity contribution >= 4 is 108 Å². The highest BCUT2D eigenvalue weighted by Crippen LogP contribution is 2.54. The third kappa shape index (κ3) is 4.38. The topological polar surface area (TPSA) is 35.6 Å². The summed E-state index contributed by atoms with van der Waals surface area (Å²) < 4.78 is 7.39. The van der Waals surface area contributed by atoms with Gasteiger partial charge in [-0.25, -0.2) is 9.97 Å². The van der Waals surface area contributed by atoms with E-state index in [1.807, 2.05) is 11.3 Å². The molecule has 0 saturated heterocycles. The minimum atomic E-state index is 0.821. The van der Waals surface area contributed by atoms with E-state index in [0.29, 0.717) is 0 Å². The number of fused-ring (bicyclic) bond motifs is 13. The lowest BCUT2D eigenvalue weighted by atomic mass is 9.91. The molecular weight excluding hydrogens is 785 g/mol. The lowest BCUT2D eigenvalue weighted by Gasteiger charge is -2.17. The van der Waals surface area contributed by atoms with Crippen LogP contribution >= 0.6 is 11.3 Å². The van der Waals surface area contributed by atoms with Gasteiger partial charge >= 0.3 is 0 Å². The number of benzene rings is 10. The van der Waals surface area contributed by atoms with Crippen LogP contribution in [-0.2, 0) is 0 Å². The normalized spacial score (nSPS) is 12.4. The standard InChI is InChI=1S/C58H32N4S/c1-2-16-35(17-3-1)61-45-26-10-8-22-42(45)51-47(61)32-48-54-52(51)40-21-7-6-19-37(40)39-23-12-15-34-29-31-46(53(54)50(34)39)62(48)58-56(59-44-30-28-33-14-4-5-18-36(33)55(44)60-58)43-25-13-24-41-38-20-9-11-27-49(38)63-57(41)43/h1-32H. The molecule has 63 heavy (non-hydrogen) atoms. The fraction of sp³-hybridized carbons (Fsp3) is 0. The minimum absolute atomic E-state index is 0.821. The molecule has 4 aromatic heterocycles. The van der Waals surface area contributed by atoms with Crippen LogP contribution in [0.3, 0.4) is 0 Å². The highest BCUT2D eigenvalue weighted by molar-refractivity contribution is 7.26. The third-order valence-corrected chi connectivity index (χ3v) is 14.8. The van der Waals surface area contributed by atoms with Gasteiger partial charge in [-0.2, -0.15) is 0 Å². The van der Waals surface area contributed by atoms with Crippen LogP contribution in [-0.4, -0.2) is 19.1 Å². The quantitative estimate of drug-likeness (QED) is 0.167. The Morgan fingerprint density at radius 3 is 1.98 bits per heavy atom. The summed E-state index contributed by atoms with van der Waals surface area (Å²) in [5.74, 6) is 0.821. The lowest BCUT2D eigenvalue weighted by molar-refractivity contribution is 1.08. The summed E-state index contributed by atoms with van der Waals surface area (Å²) in [5, 5.41) is 12.2. The molecule has 4 nitrogen and oxygen atoms in total. The highest BCUT2D eigenvalue weighted by atomic mass is 32.1. The van der Waals surface area contributed by atoms with Gasteiger partial charge in [0.05, 0.1) is 33.1 Å². The molecule has 0 fully saturated rings. The maximum Gasteiger partial charge on any atom is 0.165 e. The van der Waals surface area contributed by atoms with Crippen LogP contribution in [0.15, 0.2) is 194 Å². The SMILES string of the molecule is c1ccc(-n2c3ccccc3c3c4c5c6c7c(cccc7ccc6n(-c6nc7c(ccc8ccccc87)nc6-c6cccc7c6sc6ccccc67)c5cc32)-c2ccccc2-4)cc1. The fourth-order valence-corrected chi connectivity index (χ4v) is 12.3. The minimum Gasteiger partial charge on any atom is -0.309 e. The molecule has 5 heteroatoms. The summed E-state index contributed by atoms with van der Waals surface area (Å²) in [6, 6.07) is 71.0. The number of aromatic nitrogens is 4. The summed E-state index contributed by atoms with van der Waals surface area (Å²) in [4.78, 5) is 11.6. The zero-order valence-electron chi connectivity index (χ0n) is 33.7. The number of hydrogen-bond acceptors (Lipinski definition) is 3. The van der Waals surface area contributed by atoms with Crippen molar-refractivity contribution in [2.45, 2.75) is 0 Å². The van der Waals surface area contributed by atoms with Crippen LogP contribution < -0.4 is 0 Å². The first-order valence-corrected chi connectivity index (χ1v) is 22.3. The number of rotatable bonds is 3. The van der Waals surface area contributed by atoms with E-state index in [2.05, 4.69) is 203 Å². The van der Waals surface area contributed by atoms with Gasteiger partial charge in [-0.3, -0.25) is 4.57 Å². The van der Waals surface area contributed by atoms with Gasteiger partial charge in [0.25, 0.3) is 0 Å². The highest BCUT2D eigenvalue weighted by Gasteiger charge is 2.31. The summed E-state index contributed by atoms with van der Waals surface area (Å²) in [5.41, 5.74) is 14.4. The van der Waals surface area contributed by atoms with Gasteiger partial charge in [0.2, 0.25) is 0 Å². The molecule has 0 amide bonds. The summed E-state index contributed by atoms with van der Waals surface area (Å²) >= 11 is 1.84. The molecule has 290 valence electrons. The van der Waals surface area contributed by atoms with Crippen molar-refractivity contribution in [2.75, 3.05) is 0 Å². The van der Waals surface area contributed by atoms with Crippen molar-refractivity contribution < 1.29 is 0 Å². The molecule has 1 aliphatic carbocycles. The molecule has 4 heterocycles. The molecule has 1 aliphatic rings. The first-order chi connectivity index (χ1) is 31.3. The average Bonchev–Trinajstić information content (AvgIpc) is 3.98. The first kappa shape index (κ1) is 33.6.